The molecule has 0 saturated carbocycles. The zero-order valence-electron chi connectivity index (χ0n) is 79.9. The fourth-order valence-electron chi connectivity index (χ4n) is 16.9. The van der Waals surface area contributed by atoms with Gasteiger partial charge in [0.2, 0.25) is 20.0 Å². The number of hydrogen-bond acceptors (Lipinski definition) is 19. The van der Waals surface area contributed by atoms with Crippen LogP contribution in [0.4, 0.5) is 34.6 Å². The number of anilines is 3. The molecule has 145 heavy (non-hydrogen) atoms. The van der Waals surface area contributed by atoms with Crippen LogP contribution in [0.15, 0.2) is 373 Å². The van der Waals surface area contributed by atoms with Crippen molar-refractivity contribution in [2.75, 3.05) is 37.1 Å². The molecule has 2 aliphatic rings. The molecule has 0 bridgehead atoms. The maximum atomic E-state index is 14.4. The third-order valence-electron chi connectivity index (χ3n) is 24.4. The van der Waals surface area contributed by atoms with Crippen molar-refractivity contribution in [1.29, 1.82) is 16.2 Å². The summed E-state index contributed by atoms with van der Waals surface area (Å²) in [5.41, 5.74) is 34.3. The van der Waals surface area contributed by atoms with E-state index in [1.807, 2.05) is 203 Å². The maximum Gasteiger partial charge on any atom is 0.238 e. The van der Waals surface area contributed by atoms with Gasteiger partial charge in [-0.05, 0) is 234 Å². The van der Waals surface area contributed by atoms with E-state index < -0.39 is 31.7 Å². The number of nitrogens with one attached hydrogen (secondary N) is 6. The number of rotatable bonds is 20. The first-order valence-electron chi connectivity index (χ1n) is 45.9. The minimum Gasteiger partial charge on any atom is -0.388 e. The summed E-state index contributed by atoms with van der Waals surface area (Å²) < 4.78 is 103. The summed E-state index contributed by atoms with van der Waals surface area (Å²) in [7, 11) is -0.0685. The summed E-state index contributed by atoms with van der Waals surface area (Å²) >= 11 is 0. The zero-order valence-corrected chi connectivity index (χ0v) is 81.5. The zero-order chi connectivity index (χ0) is 102. The number of nitrogens with two attached hydrogens (primary N) is 2. The van der Waals surface area contributed by atoms with E-state index in [4.69, 9.17) is 26.5 Å². The highest BCUT2D eigenvalue weighted by atomic mass is 32.2. The Balaban J connectivity index is 0.000000125. The molecule has 0 saturated heterocycles. The Kier molecular flexibility index (Phi) is 31.3. The van der Waals surface area contributed by atoms with Gasteiger partial charge in [-0.25, -0.2) is 44.7 Å². The fourth-order valence-corrected chi connectivity index (χ4v) is 18.0. The van der Waals surface area contributed by atoms with Crippen LogP contribution in [0.5, 0.6) is 0 Å². The van der Waals surface area contributed by atoms with Crippen LogP contribution in [0.1, 0.15) is 55.6 Å². The van der Waals surface area contributed by atoms with E-state index in [0.29, 0.717) is 45.9 Å². The van der Waals surface area contributed by atoms with E-state index in [1.165, 1.54) is 71.7 Å². The number of nitrogens with zero attached hydrogens (tertiary/aromatic N) is 10. The van der Waals surface area contributed by atoms with Crippen molar-refractivity contribution >= 4 is 79.1 Å². The number of sulfonamides is 2. The van der Waals surface area contributed by atoms with Gasteiger partial charge in [-0.2, -0.15) is 5.10 Å². The van der Waals surface area contributed by atoms with Crippen molar-refractivity contribution in [2.45, 2.75) is 43.7 Å². The highest BCUT2D eigenvalue weighted by Gasteiger charge is 2.23. The average molecular weight is 1960 g/mol. The third-order valence-corrected chi connectivity index (χ3v) is 26.2. The average Bonchev–Trinajstić information content (AvgIpc) is 1.63. The van der Waals surface area contributed by atoms with Crippen LogP contribution in [0.25, 0.3) is 145 Å². The number of hydrogen-bond donors (Lipinski definition) is 8. The van der Waals surface area contributed by atoms with Gasteiger partial charge in [0.05, 0.1) is 68.8 Å². The van der Waals surface area contributed by atoms with Crippen LogP contribution >= 0.6 is 0 Å². The number of benzene rings is 12. The molecule has 19 aromatic rings. The first-order chi connectivity index (χ1) is 70.2. The van der Waals surface area contributed by atoms with Crippen LogP contribution in [-0.4, -0.2) is 109 Å². The monoisotopic (exact) mass is 1960 g/mol. The van der Waals surface area contributed by atoms with E-state index in [1.54, 1.807) is 87.4 Å². The number of fused-ring (bicyclic) bond motifs is 3. The number of halogens is 4. The topological polar surface area (TPSA) is 348 Å². The van der Waals surface area contributed by atoms with Gasteiger partial charge >= 0.3 is 0 Å². The Morgan fingerprint density at radius 1 is 0.324 bits per heavy atom. The predicted octanol–water partition coefficient (Wildman–Crippen LogP) is 25.1. The van der Waals surface area contributed by atoms with E-state index in [0.717, 1.165) is 181 Å². The maximum absolute atomic E-state index is 14.4. The first kappa shape index (κ1) is 100. The smallest absolute Gasteiger partial charge is 0.238 e. The number of aryl methyl sites for hydroxylation is 4. The van der Waals surface area contributed by atoms with Crippen LogP contribution in [0, 0.1) is 60.3 Å². The summed E-state index contributed by atoms with van der Waals surface area (Å²) in [5.74, 6) is -2.27. The Morgan fingerprint density at radius 2 is 0.690 bits per heavy atom. The fraction of sp³-hybridized carbons (Fsp3) is 0.0769. The number of aliphatic imine (C=N–C) groups is 2. The lowest BCUT2D eigenvalue weighted by molar-refractivity contribution is 0.509. The minimum atomic E-state index is -3.76. The molecule has 0 unspecified atom stereocenters. The number of aromatic nitrogens is 8. The van der Waals surface area contributed by atoms with Gasteiger partial charge < -0.3 is 32.2 Å². The first-order valence-corrected chi connectivity index (χ1v) is 49.0. The molecule has 9 heterocycles. The molecule has 0 radical (unpaired) electrons. The lowest BCUT2D eigenvalue weighted by atomic mass is 9.96. The molecule has 0 atom stereocenters. The van der Waals surface area contributed by atoms with Crippen molar-refractivity contribution in [3.8, 4) is 134 Å². The Bertz CT molecular complexity index is 8280. The van der Waals surface area contributed by atoms with Crippen LogP contribution < -0.4 is 26.2 Å². The second kappa shape index (κ2) is 45.3. The molecule has 720 valence electrons. The molecule has 0 fully saturated rings. The quantitative estimate of drug-likeness (QED) is 0.0260. The summed E-state index contributed by atoms with van der Waals surface area (Å²) in [5, 5.41) is 47.5. The van der Waals surface area contributed by atoms with Crippen LogP contribution in [-0.2, 0) is 40.2 Å². The van der Waals surface area contributed by atoms with E-state index in [-0.39, 0.29) is 21.4 Å². The molecular weight excluding hydrogens is 1860 g/mol. The van der Waals surface area contributed by atoms with Crippen molar-refractivity contribution in [3.05, 3.63) is 432 Å². The molecule has 0 amide bonds. The largest absolute Gasteiger partial charge is 0.388 e. The molecule has 2 aliphatic heterocycles. The van der Waals surface area contributed by atoms with Crippen LogP contribution in [0.2, 0.25) is 0 Å². The van der Waals surface area contributed by atoms with Gasteiger partial charge in [0.15, 0.2) is 11.6 Å². The van der Waals surface area contributed by atoms with E-state index >= 15 is 0 Å². The molecule has 0 spiro atoms. The highest BCUT2D eigenvalue weighted by Crippen LogP contribution is 2.41. The summed E-state index contributed by atoms with van der Waals surface area (Å²) in [4.78, 5) is 35.6. The predicted molar refractivity (Wildman–Crippen MR) is 577 cm³/mol. The minimum absolute atomic E-state index is 0.0719. The van der Waals surface area contributed by atoms with E-state index in [2.05, 4.69) is 141 Å². The third kappa shape index (κ3) is 23.5. The van der Waals surface area contributed by atoms with Crippen molar-refractivity contribution in [3.63, 3.8) is 0 Å². The Hall–Kier alpha value is -17.7. The Morgan fingerprint density at radius 3 is 1.12 bits per heavy atom. The molecule has 0 aliphatic carbocycles. The summed E-state index contributed by atoms with van der Waals surface area (Å²) in [6, 6.07) is 94.5. The van der Waals surface area contributed by atoms with E-state index in [9.17, 15) is 34.4 Å². The lowest BCUT2D eigenvalue weighted by Crippen LogP contribution is -2.12. The summed E-state index contributed by atoms with van der Waals surface area (Å²) in [6.07, 6.45) is 19.8. The molecule has 28 heteroatoms. The molecular formula is C117H98F4N18O4S2. The van der Waals surface area contributed by atoms with Crippen molar-refractivity contribution in [2.24, 2.45) is 27.3 Å². The molecule has 22 nitrogen and oxygen atoms in total. The van der Waals surface area contributed by atoms with Crippen molar-refractivity contribution in [1.82, 2.24) is 39.7 Å². The van der Waals surface area contributed by atoms with Gasteiger partial charge in [-0.15, -0.1) is 0 Å². The standard InChI is InChI=1S/C20H16FN3.C20H18FN3.C20H19N3.C19H15F2N3.2C19H15N3O2S/c1-13-5-8-18(21)17(10-13)20-16(4-3-9-22-20)14-6-7-15-12-23-24(2)19(15)11-14;1-13-10-15(7-8-18(13)21)20-17(4-3-9-24-20)14-5-6-16(12-22)19(11-14)23-2;1-14-5-3-6-16(11-14)20-18(7-4-10-23-20)15-8-9-17(13-21)19(12-15)22-2;1-23-18-10-12(4-5-14(18)11-22)15-3-2-8-24-19(15)13-6-7-16(20)17(21)9-13;20-25(23,24)17-4-1-3-14(10-17)19-18(5-2-8-22-19)13-6-7-15-11-21-12-16(15)9-13;20-25(23,24)17-7-5-13(6-8-17)19-18(2-1-9-22-19)14-3-4-15-11-21-12-16(15)10-14/h3-12H,1-2H3;3-12,22-23H,1-2H3;3-13,21-22H,1-2H3;2-11,22-23H,1H3;2*1-10,12H,11H2,(H2,20,23,24). The van der Waals surface area contributed by atoms with Gasteiger partial charge in [0.1, 0.15) is 11.6 Å². The van der Waals surface area contributed by atoms with Crippen LogP contribution in [0.3, 0.4) is 0 Å². The lowest BCUT2D eigenvalue weighted by Gasteiger charge is -2.12. The summed E-state index contributed by atoms with van der Waals surface area (Å²) in [6.45, 7) is 7.23. The normalized spacial score (nSPS) is 11.4. The van der Waals surface area contributed by atoms with Gasteiger partial charge in [-0.1, -0.05) is 169 Å². The van der Waals surface area contributed by atoms with Gasteiger partial charge in [0.25, 0.3) is 0 Å². The Labute approximate surface area is 837 Å². The second-order valence-corrected chi connectivity index (χ2v) is 37.0. The highest BCUT2D eigenvalue weighted by molar-refractivity contribution is 7.89. The SMILES string of the molecule is CNc1cc(-c2cccnc2-c2ccc(F)c(C)c2)ccc1C=N.CNc1cc(-c2cccnc2-c2ccc(F)c(F)c2)ccc1C=N.CNc1cc(-c2cccnc2-c2cccc(C)c2)ccc1C=N.Cc1ccc(F)c(-c2ncccc2-c2ccc3cnn(C)c3c2)c1.NS(=O)(=O)c1ccc(-c2ncccc2-c2ccc3c(c2)C=NC3)cc1.NS(=O)(=O)c1cccc(-c2ncccc2-c2ccc3c(c2)C=NC3)c1. The number of primary sulfonamides is 2. The second-order valence-electron chi connectivity index (χ2n) is 33.9. The molecule has 7 aromatic heterocycles. The molecule has 12 aromatic carbocycles. The van der Waals surface area contributed by atoms with Crippen molar-refractivity contribution < 1.29 is 34.4 Å². The number of pyridine rings is 6. The van der Waals surface area contributed by atoms with Gasteiger partial charge in [-0.3, -0.25) is 44.6 Å². The molecule has 10 N–H and O–H groups in total. The molecule has 21 rings (SSSR count). The van der Waals surface area contributed by atoms with Gasteiger partial charge in [0, 0.05) is 202 Å².